The van der Waals surface area contributed by atoms with E-state index in [1.54, 1.807) is 0 Å². The predicted octanol–water partition coefficient (Wildman–Crippen LogP) is 1.53. The average molecular weight is 256 g/mol. The molecule has 3 atom stereocenters. The van der Waals surface area contributed by atoms with Crippen LogP contribution in [0.15, 0.2) is 0 Å². The van der Waals surface area contributed by atoms with Crippen molar-refractivity contribution >= 4 is 5.91 Å². The maximum Gasteiger partial charge on any atom is 0.237 e. The summed E-state index contributed by atoms with van der Waals surface area (Å²) in [6.07, 6.45) is 5.93. The first-order chi connectivity index (χ1) is 8.57. The van der Waals surface area contributed by atoms with Gasteiger partial charge in [0.25, 0.3) is 0 Å². The molecule has 0 aliphatic heterocycles. The number of carbonyl (C=O) groups is 1. The zero-order valence-corrected chi connectivity index (χ0v) is 12.0. The van der Waals surface area contributed by atoms with Crippen molar-refractivity contribution in [2.45, 2.75) is 70.6 Å². The Labute approximate surface area is 111 Å². The van der Waals surface area contributed by atoms with Crippen LogP contribution >= 0.6 is 0 Å². The van der Waals surface area contributed by atoms with Crippen molar-refractivity contribution in [3.05, 3.63) is 0 Å². The lowest BCUT2D eigenvalue weighted by molar-refractivity contribution is -0.127. The minimum Gasteiger partial charge on any atom is -0.391 e. The van der Waals surface area contributed by atoms with Crippen LogP contribution in [0.3, 0.4) is 0 Å². The van der Waals surface area contributed by atoms with Crippen LogP contribution in [0.4, 0.5) is 0 Å². The van der Waals surface area contributed by atoms with Crippen LogP contribution in [0, 0.1) is 0 Å². The number of hydrogen-bond acceptors (Lipinski definition) is 3. The fourth-order valence-corrected chi connectivity index (χ4v) is 2.58. The summed E-state index contributed by atoms with van der Waals surface area (Å²) in [5.74, 6) is 0.0729. The lowest BCUT2D eigenvalue weighted by Gasteiger charge is -2.38. The monoisotopic (exact) mass is 256 g/mol. The molecule has 1 aliphatic carbocycles. The van der Waals surface area contributed by atoms with E-state index in [4.69, 9.17) is 0 Å². The van der Waals surface area contributed by atoms with Gasteiger partial charge in [-0.2, -0.15) is 0 Å². The van der Waals surface area contributed by atoms with E-state index in [1.165, 1.54) is 0 Å². The summed E-state index contributed by atoms with van der Waals surface area (Å²) in [4.78, 5) is 14.0. The molecular weight excluding hydrogens is 228 g/mol. The SMILES string of the molecule is CCCCNC(=O)C(C)N(C)C1CCCCC1O. The first-order valence-corrected chi connectivity index (χ1v) is 7.25. The lowest BCUT2D eigenvalue weighted by atomic mass is 9.91. The van der Waals surface area contributed by atoms with E-state index in [9.17, 15) is 9.90 Å². The van der Waals surface area contributed by atoms with Crippen molar-refractivity contribution in [3.63, 3.8) is 0 Å². The van der Waals surface area contributed by atoms with Crippen molar-refractivity contribution in [2.24, 2.45) is 0 Å². The van der Waals surface area contributed by atoms with Crippen molar-refractivity contribution < 1.29 is 9.90 Å². The van der Waals surface area contributed by atoms with Crippen molar-refractivity contribution in [1.29, 1.82) is 0 Å². The van der Waals surface area contributed by atoms with E-state index in [-0.39, 0.29) is 24.1 Å². The summed E-state index contributed by atoms with van der Waals surface area (Å²) in [5.41, 5.74) is 0. The van der Waals surface area contributed by atoms with Gasteiger partial charge in [0.2, 0.25) is 5.91 Å². The fourth-order valence-electron chi connectivity index (χ4n) is 2.58. The molecular formula is C14H28N2O2. The molecule has 0 heterocycles. The molecule has 106 valence electrons. The molecule has 1 saturated carbocycles. The molecule has 4 nitrogen and oxygen atoms in total. The second-order valence-electron chi connectivity index (χ2n) is 5.41. The normalized spacial score (nSPS) is 26.1. The molecule has 1 aliphatic rings. The van der Waals surface area contributed by atoms with Crippen LogP contribution in [0.2, 0.25) is 0 Å². The number of aliphatic hydroxyl groups is 1. The second-order valence-corrected chi connectivity index (χ2v) is 5.41. The number of hydrogen-bond donors (Lipinski definition) is 2. The molecule has 0 saturated heterocycles. The molecule has 4 heteroatoms. The van der Waals surface area contributed by atoms with E-state index in [0.717, 1.165) is 45.1 Å². The predicted molar refractivity (Wildman–Crippen MR) is 73.4 cm³/mol. The van der Waals surface area contributed by atoms with Crippen LogP contribution < -0.4 is 5.32 Å². The number of likely N-dealkylation sites (N-methyl/N-ethyl adjacent to an activating group) is 1. The van der Waals surface area contributed by atoms with Crippen LogP contribution in [0.5, 0.6) is 0 Å². The Morgan fingerprint density at radius 2 is 2.11 bits per heavy atom. The van der Waals surface area contributed by atoms with Gasteiger partial charge < -0.3 is 10.4 Å². The molecule has 1 fully saturated rings. The maximum atomic E-state index is 12.0. The summed E-state index contributed by atoms with van der Waals surface area (Å²) in [5, 5.41) is 13.0. The fraction of sp³-hybridized carbons (Fsp3) is 0.929. The molecule has 0 aromatic heterocycles. The summed E-state index contributed by atoms with van der Waals surface area (Å²) in [6, 6.07) is -0.0368. The average Bonchev–Trinajstić information content (AvgIpc) is 2.38. The Bertz CT molecular complexity index is 258. The van der Waals surface area contributed by atoms with Crippen molar-refractivity contribution in [3.8, 4) is 0 Å². The topological polar surface area (TPSA) is 52.6 Å². The molecule has 2 N–H and O–H groups in total. The molecule has 3 unspecified atom stereocenters. The largest absolute Gasteiger partial charge is 0.391 e. The first-order valence-electron chi connectivity index (χ1n) is 7.25. The van der Waals surface area contributed by atoms with Gasteiger partial charge in [0.1, 0.15) is 0 Å². The highest BCUT2D eigenvalue weighted by atomic mass is 16.3. The van der Waals surface area contributed by atoms with Gasteiger partial charge in [0.15, 0.2) is 0 Å². The Balaban J connectivity index is 2.43. The van der Waals surface area contributed by atoms with Gasteiger partial charge in [-0.15, -0.1) is 0 Å². The summed E-state index contributed by atoms with van der Waals surface area (Å²) >= 11 is 0. The lowest BCUT2D eigenvalue weighted by Crippen LogP contribution is -2.52. The van der Waals surface area contributed by atoms with Crippen LogP contribution in [0.1, 0.15) is 52.4 Å². The Morgan fingerprint density at radius 1 is 1.44 bits per heavy atom. The van der Waals surface area contributed by atoms with Crippen LogP contribution in [-0.4, -0.2) is 47.7 Å². The van der Waals surface area contributed by atoms with E-state index < -0.39 is 0 Å². The summed E-state index contributed by atoms with van der Waals surface area (Å²) in [6.45, 7) is 4.78. The zero-order chi connectivity index (χ0) is 13.5. The number of carbonyl (C=O) groups excluding carboxylic acids is 1. The third-order valence-electron chi connectivity index (χ3n) is 4.04. The number of nitrogens with zero attached hydrogens (tertiary/aromatic N) is 1. The Kier molecular flexibility index (Phi) is 6.65. The minimum atomic E-state index is -0.283. The van der Waals surface area contributed by atoms with Gasteiger partial charge >= 0.3 is 0 Å². The summed E-state index contributed by atoms with van der Waals surface area (Å²) in [7, 11) is 1.95. The van der Waals surface area contributed by atoms with Crippen LogP contribution in [-0.2, 0) is 4.79 Å². The standard InChI is InChI=1S/C14H28N2O2/c1-4-5-10-15-14(18)11(2)16(3)12-8-6-7-9-13(12)17/h11-13,17H,4-10H2,1-3H3,(H,15,18). The molecule has 0 radical (unpaired) electrons. The molecule has 1 rings (SSSR count). The van der Waals surface area contributed by atoms with Gasteiger partial charge in [0, 0.05) is 12.6 Å². The molecule has 18 heavy (non-hydrogen) atoms. The Morgan fingerprint density at radius 3 is 2.72 bits per heavy atom. The third-order valence-corrected chi connectivity index (χ3v) is 4.04. The number of nitrogens with one attached hydrogen (secondary N) is 1. The molecule has 1 amide bonds. The highest BCUT2D eigenvalue weighted by Gasteiger charge is 2.31. The maximum absolute atomic E-state index is 12.0. The van der Waals surface area contributed by atoms with E-state index in [1.807, 2.05) is 18.9 Å². The number of amides is 1. The third kappa shape index (κ3) is 4.25. The second kappa shape index (κ2) is 7.74. The Hall–Kier alpha value is -0.610. The minimum absolute atomic E-state index is 0.0729. The smallest absolute Gasteiger partial charge is 0.237 e. The van der Waals surface area contributed by atoms with Gasteiger partial charge in [-0.05, 0) is 33.2 Å². The molecule has 0 spiro atoms. The zero-order valence-electron chi connectivity index (χ0n) is 12.0. The van der Waals surface area contributed by atoms with Gasteiger partial charge in [-0.1, -0.05) is 26.2 Å². The highest BCUT2D eigenvalue weighted by molar-refractivity contribution is 5.81. The summed E-state index contributed by atoms with van der Waals surface area (Å²) < 4.78 is 0. The quantitative estimate of drug-likeness (QED) is 0.709. The number of rotatable bonds is 6. The van der Waals surface area contributed by atoms with Crippen molar-refractivity contribution in [1.82, 2.24) is 10.2 Å². The van der Waals surface area contributed by atoms with Crippen LogP contribution in [0.25, 0.3) is 0 Å². The van der Waals surface area contributed by atoms with E-state index in [0.29, 0.717) is 0 Å². The van der Waals surface area contributed by atoms with E-state index in [2.05, 4.69) is 12.2 Å². The first kappa shape index (κ1) is 15.4. The van der Waals surface area contributed by atoms with Crippen molar-refractivity contribution in [2.75, 3.05) is 13.6 Å². The highest BCUT2D eigenvalue weighted by Crippen LogP contribution is 2.23. The van der Waals surface area contributed by atoms with Gasteiger partial charge in [-0.25, -0.2) is 0 Å². The molecule has 0 aromatic rings. The number of aliphatic hydroxyl groups excluding tert-OH is 1. The van der Waals surface area contributed by atoms with E-state index >= 15 is 0 Å². The molecule has 0 bridgehead atoms. The number of unbranched alkanes of at least 4 members (excludes halogenated alkanes) is 1. The molecule has 0 aromatic carbocycles. The van der Waals surface area contributed by atoms with Gasteiger partial charge in [-0.3, -0.25) is 9.69 Å². The van der Waals surface area contributed by atoms with Gasteiger partial charge in [0.05, 0.1) is 12.1 Å².